The molecular weight excluding hydrogens is 398 g/mol. The van der Waals surface area contributed by atoms with Crippen LogP contribution in [0.3, 0.4) is 0 Å². The van der Waals surface area contributed by atoms with Gasteiger partial charge in [0.05, 0.1) is 39.3 Å². The minimum Gasteiger partial charge on any atom is -0.493 e. The van der Waals surface area contributed by atoms with Crippen molar-refractivity contribution in [2.75, 3.05) is 21.3 Å². The Bertz CT molecular complexity index is 928. The Labute approximate surface area is 183 Å². The lowest BCUT2D eigenvalue weighted by Crippen LogP contribution is -2.31. The smallest absolute Gasteiger partial charge is 0.307 e. The van der Waals surface area contributed by atoms with Crippen molar-refractivity contribution in [3.05, 3.63) is 41.2 Å². The molecule has 0 saturated carbocycles. The molecule has 0 aliphatic heterocycles. The molecule has 1 unspecified atom stereocenters. The summed E-state index contributed by atoms with van der Waals surface area (Å²) in [5.74, 6) is 0.449. The van der Waals surface area contributed by atoms with Crippen LogP contribution < -0.4 is 14.8 Å². The van der Waals surface area contributed by atoms with Gasteiger partial charge >= 0.3 is 5.97 Å². The molecule has 0 fully saturated rings. The van der Waals surface area contributed by atoms with Crippen molar-refractivity contribution >= 4 is 11.9 Å². The standard InChI is InChI=1S/C23H33N3O5/c1-14(2)18-12-17(25-26(18)23(3,4)5)22(28)24-16(13-21(27)31-8)15-9-10-19(29-6)20(11-15)30-7/h9-12,14,16H,13H2,1-8H3,(H,24,28). The molecule has 1 aromatic carbocycles. The van der Waals surface area contributed by atoms with E-state index < -0.39 is 12.0 Å². The molecule has 0 saturated heterocycles. The van der Waals surface area contributed by atoms with Gasteiger partial charge < -0.3 is 19.5 Å². The summed E-state index contributed by atoms with van der Waals surface area (Å²) in [5.41, 5.74) is 1.69. The third kappa shape index (κ3) is 5.77. The Morgan fingerprint density at radius 3 is 2.19 bits per heavy atom. The predicted molar refractivity (Wildman–Crippen MR) is 118 cm³/mol. The summed E-state index contributed by atoms with van der Waals surface area (Å²) in [6, 6.07) is 6.43. The quantitative estimate of drug-likeness (QED) is 0.639. The Morgan fingerprint density at radius 1 is 1.06 bits per heavy atom. The molecule has 0 bridgehead atoms. The number of aromatic nitrogens is 2. The van der Waals surface area contributed by atoms with E-state index in [2.05, 4.69) is 24.3 Å². The van der Waals surface area contributed by atoms with Gasteiger partial charge in [-0.05, 0) is 50.5 Å². The number of hydrogen-bond donors (Lipinski definition) is 1. The number of carbonyl (C=O) groups is 2. The van der Waals surface area contributed by atoms with E-state index in [-0.39, 0.29) is 23.8 Å². The first-order valence-electron chi connectivity index (χ1n) is 10.2. The molecule has 8 nitrogen and oxygen atoms in total. The number of methoxy groups -OCH3 is 3. The van der Waals surface area contributed by atoms with Gasteiger partial charge in [-0.25, -0.2) is 0 Å². The van der Waals surface area contributed by atoms with Crippen LogP contribution in [0, 0.1) is 0 Å². The van der Waals surface area contributed by atoms with Crippen LogP contribution in [0.25, 0.3) is 0 Å². The van der Waals surface area contributed by atoms with Gasteiger partial charge in [0.2, 0.25) is 0 Å². The zero-order valence-electron chi connectivity index (χ0n) is 19.6. The number of benzene rings is 1. The van der Waals surface area contributed by atoms with Crippen molar-refractivity contribution in [1.29, 1.82) is 0 Å². The number of hydrogen-bond acceptors (Lipinski definition) is 6. The van der Waals surface area contributed by atoms with Gasteiger partial charge in [0.1, 0.15) is 5.69 Å². The second-order valence-corrected chi connectivity index (χ2v) is 8.61. The summed E-state index contributed by atoms with van der Waals surface area (Å²) in [5, 5.41) is 7.48. The van der Waals surface area contributed by atoms with Crippen LogP contribution in [0.2, 0.25) is 0 Å². The van der Waals surface area contributed by atoms with Crippen LogP contribution in [-0.4, -0.2) is 43.0 Å². The van der Waals surface area contributed by atoms with E-state index in [1.807, 2.05) is 25.5 Å². The number of rotatable bonds is 8. The first-order chi connectivity index (χ1) is 14.5. The lowest BCUT2D eigenvalue weighted by atomic mass is 10.0. The number of ether oxygens (including phenoxy) is 3. The highest BCUT2D eigenvalue weighted by atomic mass is 16.5. The molecule has 8 heteroatoms. The average Bonchev–Trinajstić information content (AvgIpc) is 3.19. The van der Waals surface area contributed by atoms with Crippen LogP contribution in [0.15, 0.2) is 24.3 Å². The molecule has 1 amide bonds. The van der Waals surface area contributed by atoms with Crippen molar-refractivity contribution in [2.24, 2.45) is 0 Å². The lowest BCUT2D eigenvalue weighted by Gasteiger charge is -2.23. The van der Waals surface area contributed by atoms with E-state index in [1.54, 1.807) is 31.4 Å². The van der Waals surface area contributed by atoms with Crippen LogP contribution in [0.5, 0.6) is 11.5 Å². The van der Waals surface area contributed by atoms with Gasteiger partial charge in [-0.2, -0.15) is 5.10 Å². The van der Waals surface area contributed by atoms with Gasteiger partial charge in [0.15, 0.2) is 11.5 Å². The fourth-order valence-electron chi connectivity index (χ4n) is 3.26. The van der Waals surface area contributed by atoms with Gasteiger partial charge in [-0.1, -0.05) is 19.9 Å². The van der Waals surface area contributed by atoms with E-state index >= 15 is 0 Å². The van der Waals surface area contributed by atoms with Gasteiger partial charge in [0.25, 0.3) is 5.91 Å². The molecule has 31 heavy (non-hydrogen) atoms. The number of amides is 1. The van der Waals surface area contributed by atoms with E-state index in [9.17, 15) is 9.59 Å². The van der Waals surface area contributed by atoms with Crippen LogP contribution in [0.1, 0.15) is 74.7 Å². The zero-order chi connectivity index (χ0) is 23.3. The van der Waals surface area contributed by atoms with Crippen molar-refractivity contribution in [3.63, 3.8) is 0 Å². The molecular formula is C23H33N3O5. The monoisotopic (exact) mass is 431 g/mol. The van der Waals surface area contributed by atoms with Crippen molar-refractivity contribution in [3.8, 4) is 11.5 Å². The van der Waals surface area contributed by atoms with Crippen LogP contribution >= 0.6 is 0 Å². The van der Waals surface area contributed by atoms with Crippen molar-refractivity contribution < 1.29 is 23.8 Å². The average molecular weight is 432 g/mol. The van der Waals surface area contributed by atoms with Crippen molar-refractivity contribution in [2.45, 2.75) is 58.5 Å². The molecule has 0 spiro atoms. The second-order valence-electron chi connectivity index (χ2n) is 8.61. The van der Waals surface area contributed by atoms with Gasteiger partial charge in [-0.15, -0.1) is 0 Å². The molecule has 0 aliphatic rings. The molecule has 2 aromatic rings. The van der Waals surface area contributed by atoms with E-state index in [0.29, 0.717) is 22.8 Å². The maximum absolute atomic E-state index is 13.1. The zero-order valence-corrected chi connectivity index (χ0v) is 19.6. The Balaban J connectivity index is 2.40. The lowest BCUT2D eigenvalue weighted by molar-refractivity contribution is -0.141. The normalized spacial score (nSPS) is 12.4. The van der Waals surface area contributed by atoms with E-state index in [1.165, 1.54) is 14.2 Å². The largest absolute Gasteiger partial charge is 0.493 e. The Hall–Kier alpha value is -3.03. The maximum atomic E-state index is 13.1. The summed E-state index contributed by atoms with van der Waals surface area (Å²) >= 11 is 0. The highest BCUT2D eigenvalue weighted by molar-refractivity contribution is 5.93. The topological polar surface area (TPSA) is 91.7 Å². The minimum atomic E-state index is -0.623. The molecule has 0 aliphatic carbocycles. The maximum Gasteiger partial charge on any atom is 0.307 e. The van der Waals surface area contributed by atoms with E-state index in [4.69, 9.17) is 14.2 Å². The number of esters is 1. The molecule has 170 valence electrons. The van der Waals surface area contributed by atoms with Gasteiger partial charge in [-0.3, -0.25) is 14.3 Å². The third-order valence-electron chi connectivity index (χ3n) is 4.91. The highest BCUT2D eigenvalue weighted by Gasteiger charge is 2.26. The van der Waals surface area contributed by atoms with E-state index in [0.717, 1.165) is 5.69 Å². The minimum absolute atomic E-state index is 0.0330. The first-order valence-corrected chi connectivity index (χ1v) is 10.2. The number of carbonyl (C=O) groups excluding carboxylic acids is 2. The summed E-state index contributed by atoms with van der Waals surface area (Å²) in [6.45, 7) is 10.2. The molecule has 2 rings (SSSR count). The van der Waals surface area contributed by atoms with Crippen LogP contribution in [-0.2, 0) is 15.1 Å². The SMILES string of the molecule is COC(=O)CC(NC(=O)c1cc(C(C)C)n(C(C)(C)C)n1)c1ccc(OC)c(OC)c1. The van der Waals surface area contributed by atoms with Gasteiger partial charge in [0, 0.05) is 5.69 Å². The fourth-order valence-corrected chi connectivity index (χ4v) is 3.26. The van der Waals surface area contributed by atoms with Crippen LogP contribution in [0.4, 0.5) is 0 Å². The summed E-state index contributed by atoms with van der Waals surface area (Å²) in [7, 11) is 4.39. The summed E-state index contributed by atoms with van der Waals surface area (Å²) in [6.07, 6.45) is -0.0330. The summed E-state index contributed by atoms with van der Waals surface area (Å²) < 4.78 is 17.3. The third-order valence-corrected chi connectivity index (χ3v) is 4.91. The molecule has 1 atom stereocenters. The Morgan fingerprint density at radius 2 is 1.71 bits per heavy atom. The highest BCUT2D eigenvalue weighted by Crippen LogP contribution is 2.31. The predicted octanol–water partition coefficient (Wildman–Crippen LogP) is 3.81. The molecule has 0 radical (unpaired) electrons. The Kier molecular flexibility index (Phi) is 7.70. The molecule has 1 heterocycles. The fraction of sp³-hybridized carbons (Fsp3) is 0.522. The number of nitrogens with one attached hydrogen (secondary N) is 1. The van der Waals surface area contributed by atoms with Crippen molar-refractivity contribution in [1.82, 2.24) is 15.1 Å². The number of nitrogens with zero attached hydrogens (tertiary/aromatic N) is 2. The second kappa shape index (κ2) is 9.85. The molecule has 1 aromatic heterocycles. The molecule has 1 N–H and O–H groups in total. The first kappa shape index (κ1) is 24.2. The summed E-state index contributed by atoms with van der Waals surface area (Å²) in [4.78, 5) is 25.1.